The van der Waals surface area contributed by atoms with E-state index >= 15 is 0 Å². The number of rotatable bonds is 11. The molecule has 2 fully saturated rings. The third kappa shape index (κ3) is 13.4. The van der Waals surface area contributed by atoms with E-state index in [-0.39, 0.29) is 37.5 Å². The predicted octanol–water partition coefficient (Wildman–Crippen LogP) is 2.44. The molecule has 3 aliphatic heterocycles. The van der Waals surface area contributed by atoms with Crippen molar-refractivity contribution in [1.82, 2.24) is 4.90 Å². The van der Waals surface area contributed by atoms with Crippen LogP contribution < -0.4 is 0 Å². The Bertz CT molecular complexity index is 1270. The minimum Gasteiger partial charge on any atom is -0.462 e. The second kappa shape index (κ2) is 21.4. The van der Waals surface area contributed by atoms with E-state index in [2.05, 4.69) is 0 Å². The zero-order valence-electron chi connectivity index (χ0n) is 34.2. The molecule has 55 heavy (non-hydrogen) atoms. The number of carbonyl (C=O) groups is 3. The fraction of sp³-hybridized carbons (Fsp3) is 0.825. The molecule has 0 amide bonds. The highest BCUT2D eigenvalue weighted by molar-refractivity contribution is 5.70. The number of methoxy groups -OCH3 is 1. The molecule has 15 heteroatoms. The summed E-state index contributed by atoms with van der Waals surface area (Å²) in [7, 11) is 4.86. The molecule has 0 aliphatic carbocycles. The molecular formula is C40H67NO14. The maximum Gasteiger partial charge on any atom is 0.308 e. The molecule has 0 aromatic rings. The first-order valence-electron chi connectivity index (χ1n) is 19.5. The number of likely N-dealkylation sites (N-methyl/N-ethyl adjacent to an activating group) is 1. The van der Waals surface area contributed by atoms with Gasteiger partial charge in [-0.15, -0.1) is 0 Å². The van der Waals surface area contributed by atoms with Crippen LogP contribution in [0.25, 0.3) is 0 Å². The molecule has 16 atom stereocenters. The number of allylic oxidation sites excluding steroid dienone is 2. The van der Waals surface area contributed by atoms with E-state index in [0.29, 0.717) is 6.42 Å². The number of aliphatic hydroxyl groups is 4. The van der Waals surface area contributed by atoms with Crippen molar-refractivity contribution >= 4 is 18.2 Å². The van der Waals surface area contributed by atoms with E-state index in [4.69, 9.17) is 33.2 Å². The normalized spacial score (nSPS) is 41.2. The Hall–Kier alpha value is -2.31. The van der Waals surface area contributed by atoms with Crippen LogP contribution in [-0.2, 0) is 47.5 Å². The van der Waals surface area contributed by atoms with Gasteiger partial charge >= 0.3 is 11.9 Å². The van der Waals surface area contributed by atoms with Gasteiger partial charge in [-0.2, -0.15) is 0 Å². The van der Waals surface area contributed by atoms with Crippen LogP contribution in [0.15, 0.2) is 24.3 Å². The molecule has 3 rings (SSSR count). The zero-order valence-corrected chi connectivity index (χ0v) is 34.2. The minimum atomic E-state index is -1.49. The molecule has 3 heterocycles. The van der Waals surface area contributed by atoms with Crippen LogP contribution in [-0.4, -0.2) is 150 Å². The molecule has 0 aromatic heterocycles. The monoisotopic (exact) mass is 785 g/mol. The number of hydrogen-bond donors (Lipinski definition) is 4. The Morgan fingerprint density at radius 2 is 1.73 bits per heavy atom. The average Bonchev–Trinajstić information content (AvgIpc) is 3.06. The number of aliphatic hydroxyl groups excluding tert-OH is 3. The Kier molecular flexibility index (Phi) is 18.4. The topological polar surface area (TPSA) is 200 Å². The highest BCUT2D eigenvalue weighted by atomic mass is 16.7. The number of esters is 2. The van der Waals surface area contributed by atoms with Crippen molar-refractivity contribution in [2.75, 3.05) is 21.2 Å². The van der Waals surface area contributed by atoms with E-state index in [0.717, 1.165) is 6.29 Å². The SMILES string of the molecule is CO[C@@H]1[C@@H](O[C@@H]2OC(C)[C@@H](O[C@H]3C[C@](C)(O)[C@@H](OC(=O)CC(C)C)C(C)O3)[C@@H](N(C)C)C2O)[C@@H](CC=O)C[C@@H](C)[C@@H](O)C=CC=CC[C@@H](C)OC(=O)C[C@H]1O. The van der Waals surface area contributed by atoms with Crippen LogP contribution in [0.3, 0.4) is 0 Å². The van der Waals surface area contributed by atoms with Gasteiger partial charge in [-0.3, -0.25) is 9.59 Å². The highest BCUT2D eigenvalue weighted by Crippen LogP contribution is 2.37. The van der Waals surface area contributed by atoms with Gasteiger partial charge in [0, 0.05) is 32.8 Å². The van der Waals surface area contributed by atoms with Gasteiger partial charge in [0.25, 0.3) is 0 Å². The zero-order chi connectivity index (χ0) is 41.2. The molecule has 4 N–H and O–H groups in total. The van der Waals surface area contributed by atoms with E-state index in [1.54, 1.807) is 64.9 Å². The largest absolute Gasteiger partial charge is 0.462 e. The van der Waals surface area contributed by atoms with Crippen LogP contribution in [0.5, 0.6) is 0 Å². The van der Waals surface area contributed by atoms with E-state index in [1.807, 2.05) is 26.8 Å². The van der Waals surface area contributed by atoms with E-state index in [1.165, 1.54) is 7.11 Å². The van der Waals surface area contributed by atoms with Gasteiger partial charge in [0.1, 0.15) is 36.3 Å². The van der Waals surface area contributed by atoms with Crippen LogP contribution in [0.4, 0.5) is 0 Å². The van der Waals surface area contributed by atoms with Crippen molar-refractivity contribution in [3.63, 3.8) is 0 Å². The maximum absolute atomic E-state index is 12.9. The Morgan fingerprint density at radius 1 is 1.04 bits per heavy atom. The third-order valence-corrected chi connectivity index (χ3v) is 10.6. The molecule has 2 saturated heterocycles. The van der Waals surface area contributed by atoms with Crippen LogP contribution in [0, 0.1) is 17.8 Å². The molecular weight excluding hydrogens is 718 g/mol. The summed E-state index contributed by atoms with van der Waals surface area (Å²) in [6.45, 7) is 12.4. The van der Waals surface area contributed by atoms with Crippen molar-refractivity contribution < 1.29 is 68.0 Å². The second-order valence-electron chi connectivity index (χ2n) is 16.4. The minimum absolute atomic E-state index is 0.0318. The van der Waals surface area contributed by atoms with E-state index in [9.17, 15) is 34.8 Å². The second-order valence-corrected chi connectivity index (χ2v) is 16.4. The fourth-order valence-electron chi connectivity index (χ4n) is 7.78. The van der Waals surface area contributed by atoms with Crippen molar-refractivity contribution in [3.05, 3.63) is 24.3 Å². The summed E-state index contributed by atoms with van der Waals surface area (Å²) in [5.74, 6) is -2.03. The Labute approximate surface area is 326 Å². The Morgan fingerprint density at radius 3 is 2.33 bits per heavy atom. The molecule has 15 nitrogen and oxygen atoms in total. The van der Waals surface area contributed by atoms with Gasteiger partial charge in [-0.05, 0) is 66.0 Å². The lowest BCUT2D eigenvalue weighted by atomic mass is 9.82. The summed E-state index contributed by atoms with van der Waals surface area (Å²) >= 11 is 0. The van der Waals surface area contributed by atoms with Crippen molar-refractivity contribution in [3.8, 4) is 0 Å². The molecule has 0 saturated carbocycles. The molecule has 0 radical (unpaired) electrons. The average molecular weight is 786 g/mol. The summed E-state index contributed by atoms with van der Waals surface area (Å²) in [6.07, 6.45) is -3.92. The number of cyclic esters (lactones) is 1. The first-order chi connectivity index (χ1) is 25.8. The lowest BCUT2D eigenvalue weighted by Gasteiger charge is -2.50. The Balaban J connectivity index is 1.90. The van der Waals surface area contributed by atoms with Gasteiger partial charge in [0.05, 0.1) is 43.0 Å². The van der Waals surface area contributed by atoms with Gasteiger partial charge in [0.15, 0.2) is 18.7 Å². The van der Waals surface area contributed by atoms with Crippen molar-refractivity contribution in [2.24, 2.45) is 17.8 Å². The summed E-state index contributed by atoms with van der Waals surface area (Å²) in [5.41, 5.74) is -1.49. The molecule has 3 aliphatic rings. The first-order valence-corrected chi connectivity index (χ1v) is 19.5. The van der Waals surface area contributed by atoms with E-state index < -0.39 is 110 Å². The number of aldehydes is 1. The lowest BCUT2D eigenvalue weighted by molar-refractivity contribution is -0.344. The molecule has 0 aromatic carbocycles. The molecule has 0 bridgehead atoms. The maximum atomic E-state index is 12.9. The number of ether oxygens (including phenoxy) is 7. The van der Waals surface area contributed by atoms with Crippen LogP contribution >= 0.6 is 0 Å². The summed E-state index contributed by atoms with van der Waals surface area (Å²) in [4.78, 5) is 39.3. The van der Waals surface area contributed by atoms with Gasteiger partial charge in [0.2, 0.25) is 0 Å². The third-order valence-electron chi connectivity index (χ3n) is 10.6. The quantitative estimate of drug-likeness (QED) is 0.176. The van der Waals surface area contributed by atoms with Gasteiger partial charge < -0.3 is 63.3 Å². The lowest BCUT2D eigenvalue weighted by Crippen LogP contribution is -2.66. The van der Waals surface area contributed by atoms with Crippen LogP contribution in [0.1, 0.15) is 87.0 Å². The summed E-state index contributed by atoms with van der Waals surface area (Å²) < 4.78 is 42.4. The van der Waals surface area contributed by atoms with Crippen molar-refractivity contribution in [2.45, 2.75) is 172 Å². The van der Waals surface area contributed by atoms with Crippen LogP contribution in [0.2, 0.25) is 0 Å². The smallest absolute Gasteiger partial charge is 0.308 e. The first kappa shape index (κ1) is 47.1. The van der Waals surface area contributed by atoms with Gasteiger partial charge in [-0.1, -0.05) is 45.1 Å². The highest BCUT2D eigenvalue weighted by Gasteiger charge is 2.52. The number of nitrogens with zero attached hydrogens (tertiary/aromatic N) is 1. The molecule has 316 valence electrons. The fourth-order valence-corrected chi connectivity index (χ4v) is 7.78. The standard InChI is InChI=1S/C40H67NO14/c1-22(2)18-30(45)53-38-26(6)51-32(21-40(38,7)48)54-35-25(5)52-39(34(47)33(35)41(8)9)55-36-27(16-17-42)19-23(3)28(43)15-13-11-12-14-24(4)50-31(46)20-29(44)37(36)49-10/h11-13,15,17,22-29,32-39,43-44,47-48H,14,16,18-21H2,1-10H3/t23-,24-,25?,26?,27+,28+,29-,32+,33+,34?,35-,36+,37+,38+,39+,40+/m1/s1. The number of hydrogen-bond acceptors (Lipinski definition) is 15. The summed E-state index contributed by atoms with van der Waals surface area (Å²) in [5, 5.41) is 45.8. The van der Waals surface area contributed by atoms with Gasteiger partial charge in [-0.25, -0.2) is 0 Å². The van der Waals surface area contributed by atoms with Crippen molar-refractivity contribution in [1.29, 1.82) is 0 Å². The summed E-state index contributed by atoms with van der Waals surface area (Å²) in [6, 6.07) is -0.753. The predicted molar refractivity (Wildman–Crippen MR) is 200 cm³/mol. The molecule has 0 spiro atoms. The molecule has 3 unspecified atom stereocenters. The number of carbonyl (C=O) groups excluding carboxylic acids is 3.